The first-order valence-electron chi connectivity index (χ1n) is 8.80. The van der Waals surface area contributed by atoms with Crippen LogP contribution in [-0.2, 0) is 29.0 Å². The van der Waals surface area contributed by atoms with Gasteiger partial charge in [0.05, 0.1) is 13.5 Å². The Hall–Kier alpha value is -3.15. The summed E-state index contributed by atoms with van der Waals surface area (Å²) in [5.41, 5.74) is 3.93. The zero-order valence-electron chi connectivity index (χ0n) is 15.7. The fourth-order valence-electron chi connectivity index (χ4n) is 2.71. The van der Waals surface area contributed by atoms with E-state index in [0.717, 1.165) is 23.1 Å². The molecule has 3 aromatic rings. The van der Waals surface area contributed by atoms with Crippen molar-refractivity contribution >= 4 is 5.97 Å². The summed E-state index contributed by atoms with van der Waals surface area (Å²) in [6.07, 6.45) is 1.09. The van der Waals surface area contributed by atoms with Gasteiger partial charge in [0, 0.05) is 11.1 Å². The normalized spacial score (nSPS) is 10.6. The van der Waals surface area contributed by atoms with Crippen LogP contribution in [-0.4, -0.2) is 23.2 Å². The van der Waals surface area contributed by atoms with Gasteiger partial charge in [-0.15, -0.1) is 0 Å². The van der Waals surface area contributed by atoms with E-state index >= 15 is 0 Å². The Balaban J connectivity index is 1.59. The van der Waals surface area contributed by atoms with Gasteiger partial charge in [-0.25, -0.2) is 0 Å². The Labute approximate surface area is 158 Å². The minimum absolute atomic E-state index is 0.0625. The Morgan fingerprint density at radius 3 is 2.63 bits per heavy atom. The quantitative estimate of drug-likeness (QED) is 0.590. The van der Waals surface area contributed by atoms with Crippen molar-refractivity contribution in [2.45, 2.75) is 33.3 Å². The smallest absolute Gasteiger partial charge is 0.310 e. The van der Waals surface area contributed by atoms with Crippen LogP contribution in [0.2, 0.25) is 0 Å². The molecule has 0 aliphatic heterocycles. The predicted octanol–water partition coefficient (Wildman–Crippen LogP) is 3.90. The molecule has 6 nitrogen and oxygen atoms in total. The van der Waals surface area contributed by atoms with Crippen molar-refractivity contribution in [2.75, 3.05) is 7.11 Å². The molecule has 0 aliphatic rings. The number of esters is 1. The van der Waals surface area contributed by atoms with E-state index in [1.165, 1.54) is 5.56 Å². The highest BCUT2D eigenvalue weighted by Crippen LogP contribution is 2.21. The minimum atomic E-state index is -0.383. The largest absolute Gasteiger partial charge is 0.496 e. The standard InChI is InChI=1S/C21H22N2O4/c1-4-15-6-8-16(9-7-15)21-22-19(27-23-21)13-26-20(24)12-17-11-14(2)5-10-18(17)25-3/h5-11H,4,12-13H2,1-3H3. The van der Waals surface area contributed by atoms with Gasteiger partial charge in [0.1, 0.15) is 5.75 Å². The second-order valence-corrected chi connectivity index (χ2v) is 6.21. The number of hydrogen-bond donors (Lipinski definition) is 0. The first-order valence-corrected chi connectivity index (χ1v) is 8.80. The molecule has 6 heteroatoms. The highest BCUT2D eigenvalue weighted by Gasteiger charge is 2.14. The lowest BCUT2D eigenvalue weighted by Gasteiger charge is -2.08. The lowest BCUT2D eigenvalue weighted by molar-refractivity contribution is -0.144. The van der Waals surface area contributed by atoms with Crippen LogP contribution in [0.15, 0.2) is 47.0 Å². The molecule has 0 saturated heterocycles. The number of nitrogens with zero attached hydrogens (tertiary/aromatic N) is 2. The molecular weight excluding hydrogens is 344 g/mol. The number of methoxy groups -OCH3 is 1. The van der Waals surface area contributed by atoms with Gasteiger partial charge in [0.2, 0.25) is 5.82 Å². The van der Waals surface area contributed by atoms with Crippen LogP contribution in [0.4, 0.5) is 0 Å². The first kappa shape index (κ1) is 18.6. The summed E-state index contributed by atoms with van der Waals surface area (Å²) in [6, 6.07) is 13.6. The van der Waals surface area contributed by atoms with Gasteiger partial charge < -0.3 is 14.0 Å². The molecule has 0 atom stereocenters. The molecule has 3 rings (SSSR count). The van der Waals surface area contributed by atoms with Gasteiger partial charge in [0.25, 0.3) is 5.89 Å². The third-order valence-corrected chi connectivity index (χ3v) is 4.22. The van der Waals surface area contributed by atoms with Gasteiger partial charge in [0.15, 0.2) is 6.61 Å². The Bertz CT molecular complexity index is 916. The highest BCUT2D eigenvalue weighted by atomic mass is 16.6. The van der Waals surface area contributed by atoms with Crippen molar-refractivity contribution in [3.63, 3.8) is 0 Å². The van der Waals surface area contributed by atoms with E-state index in [4.69, 9.17) is 14.0 Å². The number of aryl methyl sites for hydroxylation is 2. The van der Waals surface area contributed by atoms with Crippen LogP contribution in [0, 0.1) is 6.92 Å². The lowest BCUT2D eigenvalue weighted by atomic mass is 10.1. The van der Waals surface area contributed by atoms with Gasteiger partial charge in [-0.05, 0) is 25.0 Å². The number of aromatic nitrogens is 2. The minimum Gasteiger partial charge on any atom is -0.496 e. The van der Waals surface area contributed by atoms with Crippen LogP contribution < -0.4 is 4.74 Å². The van der Waals surface area contributed by atoms with Crippen molar-refractivity contribution in [1.82, 2.24) is 10.1 Å². The van der Waals surface area contributed by atoms with Crippen molar-refractivity contribution < 1.29 is 18.8 Å². The fraction of sp³-hybridized carbons (Fsp3) is 0.286. The summed E-state index contributed by atoms with van der Waals surface area (Å²) in [5.74, 6) is 1.01. The monoisotopic (exact) mass is 366 g/mol. The SMILES string of the molecule is CCc1ccc(-c2noc(COC(=O)Cc3cc(C)ccc3OC)n2)cc1. The summed E-state index contributed by atoms with van der Waals surface area (Å²) >= 11 is 0. The molecule has 0 N–H and O–H groups in total. The molecule has 1 aromatic heterocycles. The summed E-state index contributed by atoms with van der Waals surface area (Å²) < 4.78 is 15.7. The Morgan fingerprint density at radius 1 is 1.15 bits per heavy atom. The molecule has 0 bridgehead atoms. The van der Waals surface area contributed by atoms with Gasteiger partial charge in [-0.3, -0.25) is 4.79 Å². The van der Waals surface area contributed by atoms with E-state index in [1.54, 1.807) is 7.11 Å². The molecule has 0 radical (unpaired) electrons. The maximum Gasteiger partial charge on any atom is 0.310 e. The number of carbonyl (C=O) groups excluding carboxylic acids is 1. The molecule has 0 spiro atoms. The van der Waals surface area contributed by atoms with Crippen LogP contribution in [0.3, 0.4) is 0 Å². The molecule has 0 aliphatic carbocycles. The van der Waals surface area contributed by atoms with Crippen LogP contribution >= 0.6 is 0 Å². The zero-order valence-corrected chi connectivity index (χ0v) is 15.7. The Kier molecular flexibility index (Phi) is 5.86. The van der Waals surface area contributed by atoms with E-state index < -0.39 is 0 Å². The second kappa shape index (κ2) is 8.49. The van der Waals surface area contributed by atoms with Crippen LogP contribution in [0.5, 0.6) is 5.75 Å². The summed E-state index contributed by atoms with van der Waals surface area (Å²) in [7, 11) is 1.58. The third-order valence-electron chi connectivity index (χ3n) is 4.22. The highest BCUT2D eigenvalue weighted by molar-refractivity contribution is 5.73. The maximum absolute atomic E-state index is 12.1. The van der Waals surface area contributed by atoms with E-state index in [2.05, 4.69) is 17.1 Å². The summed E-state index contributed by atoms with van der Waals surface area (Å²) in [4.78, 5) is 16.4. The molecular formula is C21H22N2O4. The maximum atomic E-state index is 12.1. The summed E-state index contributed by atoms with van der Waals surface area (Å²) in [5, 5.41) is 3.95. The van der Waals surface area contributed by atoms with Crippen molar-refractivity contribution in [3.8, 4) is 17.1 Å². The number of hydrogen-bond acceptors (Lipinski definition) is 6. The molecule has 2 aromatic carbocycles. The number of ether oxygens (including phenoxy) is 2. The van der Waals surface area contributed by atoms with E-state index in [1.807, 2.05) is 49.4 Å². The lowest BCUT2D eigenvalue weighted by Crippen LogP contribution is -2.09. The molecule has 27 heavy (non-hydrogen) atoms. The molecule has 0 amide bonds. The average Bonchev–Trinajstić information content (AvgIpc) is 3.16. The molecule has 140 valence electrons. The fourth-order valence-corrected chi connectivity index (χ4v) is 2.71. The average molecular weight is 366 g/mol. The second-order valence-electron chi connectivity index (χ2n) is 6.21. The summed E-state index contributed by atoms with van der Waals surface area (Å²) in [6.45, 7) is 4.00. The molecule has 0 unspecified atom stereocenters. The molecule has 0 saturated carbocycles. The molecule has 0 fully saturated rings. The van der Waals surface area contributed by atoms with E-state index in [0.29, 0.717) is 11.6 Å². The van der Waals surface area contributed by atoms with E-state index in [-0.39, 0.29) is 24.9 Å². The van der Waals surface area contributed by atoms with Gasteiger partial charge >= 0.3 is 5.97 Å². The zero-order chi connectivity index (χ0) is 19.2. The van der Waals surface area contributed by atoms with Crippen LogP contribution in [0.25, 0.3) is 11.4 Å². The number of rotatable bonds is 7. The van der Waals surface area contributed by atoms with Crippen molar-refractivity contribution in [3.05, 3.63) is 65.0 Å². The predicted molar refractivity (Wildman–Crippen MR) is 100 cm³/mol. The topological polar surface area (TPSA) is 74.5 Å². The third kappa shape index (κ3) is 4.73. The molecule has 1 heterocycles. The Morgan fingerprint density at radius 2 is 1.93 bits per heavy atom. The van der Waals surface area contributed by atoms with E-state index in [9.17, 15) is 4.79 Å². The van der Waals surface area contributed by atoms with Crippen LogP contribution in [0.1, 0.15) is 29.5 Å². The number of benzene rings is 2. The van der Waals surface area contributed by atoms with Gasteiger partial charge in [-0.1, -0.05) is 54.0 Å². The number of carbonyl (C=O) groups is 1. The van der Waals surface area contributed by atoms with Crippen molar-refractivity contribution in [1.29, 1.82) is 0 Å². The first-order chi connectivity index (χ1) is 13.1. The van der Waals surface area contributed by atoms with Crippen molar-refractivity contribution in [2.24, 2.45) is 0 Å². The van der Waals surface area contributed by atoms with Gasteiger partial charge in [-0.2, -0.15) is 4.98 Å².